The summed E-state index contributed by atoms with van der Waals surface area (Å²) >= 11 is 0. The molecule has 2 aromatic carbocycles. The summed E-state index contributed by atoms with van der Waals surface area (Å²) in [5, 5.41) is 31.0. The fraction of sp³-hybridized carbons (Fsp3) is 0.407. The number of hydrogen-bond donors (Lipinski definition) is 2. The summed E-state index contributed by atoms with van der Waals surface area (Å²) in [6.45, 7) is 10.5. The first-order chi connectivity index (χ1) is 16.8. The molecule has 2 aliphatic rings. The second kappa shape index (κ2) is 9.88. The standard InChI is InChI=1S/C26H30N6.CH2O2/c1-17-20(13-27)6-5-7-22(17)18(2)28-25-24-12-21(8-9-23(24)19(3)29-30-25)32-15-26(16-32)10-11-31(4)14-26;2-1-3/h5-9,12,18H,10-11,14-16H2,1-4H3,(H,28,30);1H,(H,2,3)/t18-;/m1./s1. The van der Waals surface area contributed by atoms with Gasteiger partial charge in [-0.15, -0.1) is 5.10 Å². The van der Waals surface area contributed by atoms with E-state index in [2.05, 4.69) is 69.6 Å². The van der Waals surface area contributed by atoms with Crippen molar-refractivity contribution >= 4 is 28.7 Å². The fourth-order valence-corrected chi connectivity index (χ4v) is 5.47. The zero-order chi connectivity index (χ0) is 25.2. The molecular formula is C27H32N6O2. The van der Waals surface area contributed by atoms with Gasteiger partial charge in [-0.05, 0) is 70.1 Å². The van der Waals surface area contributed by atoms with Gasteiger partial charge in [0, 0.05) is 41.5 Å². The highest BCUT2D eigenvalue weighted by atomic mass is 16.3. The lowest BCUT2D eigenvalue weighted by Crippen LogP contribution is -2.57. The topological polar surface area (TPSA) is 105 Å². The number of carboxylic acid groups (broad SMARTS) is 1. The molecule has 1 aromatic heterocycles. The number of aryl methyl sites for hydroxylation is 1. The summed E-state index contributed by atoms with van der Waals surface area (Å²) in [6.07, 6.45) is 1.30. The second-order valence-corrected chi connectivity index (χ2v) is 9.81. The van der Waals surface area contributed by atoms with Gasteiger partial charge in [-0.2, -0.15) is 10.4 Å². The lowest BCUT2D eigenvalue weighted by Gasteiger charge is -2.49. The Morgan fingerprint density at radius 3 is 2.57 bits per heavy atom. The van der Waals surface area contributed by atoms with Crippen LogP contribution in [0.15, 0.2) is 36.4 Å². The molecule has 1 spiro atoms. The number of aromatic nitrogens is 2. The molecule has 8 nitrogen and oxygen atoms in total. The zero-order valence-corrected chi connectivity index (χ0v) is 20.7. The molecule has 0 bridgehead atoms. The minimum atomic E-state index is -0.250. The van der Waals surface area contributed by atoms with E-state index in [1.807, 2.05) is 26.0 Å². The molecule has 35 heavy (non-hydrogen) atoms. The van der Waals surface area contributed by atoms with Gasteiger partial charge in [-0.25, -0.2) is 0 Å². The van der Waals surface area contributed by atoms with Crippen LogP contribution in [0.3, 0.4) is 0 Å². The number of hydrogen-bond acceptors (Lipinski definition) is 7. The van der Waals surface area contributed by atoms with Gasteiger partial charge in [0.15, 0.2) is 5.82 Å². The Balaban J connectivity index is 0.000000917. The van der Waals surface area contributed by atoms with Crippen LogP contribution in [0.5, 0.6) is 0 Å². The molecule has 3 aromatic rings. The van der Waals surface area contributed by atoms with Crippen molar-refractivity contribution in [1.29, 1.82) is 5.26 Å². The number of nitrogens with zero attached hydrogens (tertiary/aromatic N) is 5. The summed E-state index contributed by atoms with van der Waals surface area (Å²) < 4.78 is 0. The molecule has 0 saturated carbocycles. The number of anilines is 2. The number of rotatable bonds is 4. The van der Waals surface area contributed by atoms with Gasteiger partial charge in [-0.1, -0.05) is 18.2 Å². The predicted octanol–water partition coefficient (Wildman–Crippen LogP) is 4.13. The third-order valence-corrected chi connectivity index (χ3v) is 7.31. The quantitative estimate of drug-likeness (QED) is 0.546. The van der Waals surface area contributed by atoms with Crippen LogP contribution in [0.1, 0.15) is 41.8 Å². The lowest BCUT2D eigenvalue weighted by atomic mass is 9.78. The number of benzene rings is 2. The molecule has 0 unspecified atom stereocenters. The molecule has 182 valence electrons. The average Bonchev–Trinajstić information content (AvgIpc) is 3.22. The van der Waals surface area contributed by atoms with E-state index in [9.17, 15) is 5.26 Å². The van der Waals surface area contributed by atoms with Gasteiger partial charge in [0.2, 0.25) is 0 Å². The Bertz CT molecular complexity index is 1280. The van der Waals surface area contributed by atoms with Crippen molar-refractivity contribution in [3.05, 3.63) is 58.8 Å². The van der Waals surface area contributed by atoms with Crippen molar-refractivity contribution in [1.82, 2.24) is 15.1 Å². The number of nitriles is 1. The van der Waals surface area contributed by atoms with Crippen molar-refractivity contribution in [3.63, 3.8) is 0 Å². The Hall–Kier alpha value is -3.70. The van der Waals surface area contributed by atoms with Gasteiger partial charge < -0.3 is 20.2 Å². The molecule has 2 saturated heterocycles. The van der Waals surface area contributed by atoms with Crippen LogP contribution in [0.25, 0.3) is 10.8 Å². The molecule has 1 atom stereocenters. The van der Waals surface area contributed by atoms with Crippen molar-refractivity contribution in [2.24, 2.45) is 5.41 Å². The van der Waals surface area contributed by atoms with Crippen LogP contribution in [-0.4, -0.2) is 59.9 Å². The summed E-state index contributed by atoms with van der Waals surface area (Å²) in [4.78, 5) is 13.3. The Labute approximate surface area is 206 Å². The molecule has 2 aliphatic heterocycles. The number of carbonyl (C=O) groups is 1. The van der Waals surface area contributed by atoms with Crippen LogP contribution in [-0.2, 0) is 4.79 Å². The van der Waals surface area contributed by atoms with Gasteiger partial charge in [0.1, 0.15) is 0 Å². The van der Waals surface area contributed by atoms with Gasteiger partial charge in [0.05, 0.1) is 23.4 Å². The van der Waals surface area contributed by atoms with Crippen LogP contribution in [0, 0.1) is 30.6 Å². The Kier molecular flexibility index (Phi) is 6.90. The number of nitrogens with one attached hydrogen (secondary N) is 1. The molecule has 0 amide bonds. The first-order valence-corrected chi connectivity index (χ1v) is 11.9. The minimum absolute atomic E-state index is 0.00784. The third kappa shape index (κ3) is 4.77. The average molecular weight is 473 g/mol. The highest BCUT2D eigenvalue weighted by Crippen LogP contribution is 2.42. The summed E-state index contributed by atoms with van der Waals surface area (Å²) in [5.41, 5.74) is 5.48. The van der Waals surface area contributed by atoms with Crippen molar-refractivity contribution < 1.29 is 9.90 Å². The van der Waals surface area contributed by atoms with E-state index < -0.39 is 0 Å². The number of fused-ring (bicyclic) bond motifs is 1. The maximum absolute atomic E-state index is 9.39. The van der Waals surface area contributed by atoms with Crippen molar-refractivity contribution in [2.45, 2.75) is 33.2 Å². The molecule has 3 heterocycles. The van der Waals surface area contributed by atoms with E-state index in [-0.39, 0.29) is 12.5 Å². The normalized spacial score (nSPS) is 17.3. The van der Waals surface area contributed by atoms with E-state index in [1.54, 1.807) is 0 Å². The van der Waals surface area contributed by atoms with Gasteiger partial charge in [-0.3, -0.25) is 4.79 Å². The van der Waals surface area contributed by atoms with Crippen LogP contribution >= 0.6 is 0 Å². The van der Waals surface area contributed by atoms with Gasteiger partial charge in [0.25, 0.3) is 6.47 Å². The second-order valence-electron chi connectivity index (χ2n) is 9.81. The van der Waals surface area contributed by atoms with Gasteiger partial charge >= 0.3 is 0 Å². The molecule has 2 N–H and O–H groups in total. The first-order valence-electron chi connectivity index (χ1n) is 11.9. The van der Waals surface area contributed by atoms with E-state index in [4.69, 9.17) is 9.90 Å². The van der Waals surface area contributed by atoms with E-state index >= 15 is 0 Å². The first kappa shape index (κ1) is 24.4. The Morgan fingerprint density at radius 2 is 1.91 bits per heavy atom. The molecule has 0 aliphatic carbocycles. The van der Waals surface area contributed by atoms with Crippen LogP contribution < -0.4 is 10.2 Å². The van der Waals surface area contributed by atoms with Crippen molar-refractivity contribution in [2.75, 3.05) is 43.4 Å². The van der Waals surface area contributed by atoms with E-state index in [0.29, 0.717) is 11.0 Å². The molecule has 8 heteroatoms. The minimum Gasteiger partial charge on any atom is -0.483 e. The summed E-state index contributed by atoms with van der Waals surface area (Å²) in [6, 6.07) is 14.8. The predicted molar refractivity (Wildman–Crippen MR) is 138 cm³/mol. The molecular weight excluding hydrogens is 440 g/mol. The number of likely N-dealkylation sites (tertiary alicyclic amines) is 1. The SMILES string of the molecule is Cc1c(C#N)cccc1[C@@H](C)Nc1nnc(C)c2ccc(N3CC4(CCN(C)C4)C3)cc12.O=CO. The molecule has 2 fully saturated rings. The lowest BCUT2D eigenvalue weighted by molar-refractivity contribution is -0.122. The van der Waals surface area contributed by atoms with Crippen LogP contribution in [0.2, 0.25) is 0 Å². The molecule has 5 rings (SSSR count). The monoisotopic (exact) mass is 472 g/mol. The zero-order valence-electron chi connectivity index (χ0n) is 20.7. The highest BCUT2D eigenvalue weighted by Gasteiger charge is 2.46. The smallest absolute Gasteiger partial charge is 0.290 e. The summed E-state index contributed by atoms with van der Waals surface area (Å²) in [5.74, 6) is 0.789. The van der Waals surface area contributed by atoms with E-state index in [0.717, 1.165) is 46.5 Å². The maximum atomic E-state index is 9.39. The summed E-state index contributed by atoms with van der Waals surface area (Å²) in [7, 11) is 2.22. The molecule has 0 radical (unpaired) electrons. The van der Waals surface area contributed by atoms with Crippen LogP contribution in [0.4, 0.5) is 11.5 Å². The maximum Gasteiger partial charge on any atom is 0.290 e. The fourth-order valence-electron chi connectivity index (χ4n) is 5.47. The highest BCUT2D eigenvalue weighted by molar-refractivity contribution is 5.95. The largest absolute Gasteiger partial charge is 0.483 e. The van der Waals surface area contributed by atoms with Crippen molar-refractivity contribution in [3.8, 4) is 6.07 Å². The Morgan fingerprint density at radius 1 is 1.17 bits per heavy atom. The third-order valence-electron chi connectivity index (χ3n) is 7.31. The van der Waals surface area contributed by atoms with E-state index in [1.165, 1.54) is 25.2 Å².